The molecule has 0 saturated heterocycles. The largest absolute Gasteiger partial charge is 0.263 e. The maximum absolute atomic E-state index is 12.2. The molecule has 1 unspecified atom stereocenters. The number of aryl methyl sites for hydroxylation is 1. The van der Waals surface area contributed by atoms with Gasteiger partial charge in [-0.05, 0) is 39.9 Å². The first-order valence-corrected chi connectivity index (χ1v) is 7.55. The summed E-state index contributed by atoms with van der Waals surface area (Å²) in [5, 5.41) is 0. The van der Waals surface area contributed by atoms with Crippen molar-refractivity contribution in [2.45, 2.75) is 43.9 Å². The zero-order valence-corrected chi connectivity index (χ0v) is 11.1. The highest BCUT2D eigenvalue weighted by atomic mass is 32.2. The molecule has 2 nitrogen and oxygen atoms in total. The van der Waals surface area contributed by atoms with Gasteiger partial charge in [-0.15, -0.1) is 0 Å². The van der Waals surface area contributed by atoms with Gasteiger partial charge in [0.15, 0.2) is 0 Å². The highest BCUT2D eigenvalue weighted by molar-refractivity contribution is 8.00. The molecule has 0 radical (unpaired) electrons. The Hall–Kier alpha value is -0.830. The SMILES string of the molecule is C=S1(=O)CCCc2cc(C(C)(C)C)ncc21. The summed E-state index contributed by atoms with van der Waals surface area (Å²) in [5.74, 6) is 4.56. The van der Waals surface area contributed by atoms with Crippen molar-refractivity contribution < 1.29 is 4.21 Å². The molecule has 1 aliphatic rings. The van der Waals surface area contributed by atoms with Crippen molar-refractivity contribution in [2.75, 3.05) is 5.75 Å². The van der Waals surface area contributed by atoms with Crippen LogP contribution in [0.2, 0.25) is 0 Å². The van der Waals surface area contributed by atoms with Crippen LogP contribution in [0.1, 0.15) is 38.4 Å². The van der Waals surface area contributed by atoms with Crippen LogP contribution < -0.4 is 0 Å². The molecule has 0 saturated carbocycles. The zero-order valence-electron chi connectivity index (χ0n) is 10.2. The molecule has 2 heterocycles. The van der Waals surface area contributed by atoms with E-state index < -0.39 is 9.52 Å². The summed E-state index contributed by atoms with van der Waals surface area (Å²) in [7, 11) is -2.07. The van der Waals surface area contributed by atoms with Gasteiger partial charge >= 0.3 is 0 Å². The van der Waals surface area contributed by atoms with Gasteiger partial charge in [0.25, 0.3) is 0 Å². The van der Waals surface area contributed by atoms with E-state index in [2.05, 4.69) is 37.7 Å². The highest BCUT2D eigenvalue weighted by Crippen LogP contribution is 2.28. The first kappa shape index (κ1) is 11.6. The van der Waals surface area contributed by atoms with E-state index in [1.54, 1.807) is 6.20 Å². The second-order valence-corrected chi connectivity index (χ2v) is 8.02. The van der Waals surface area contributed by atoms with Crippen molar-refractivity contribution in [1.82, 2.24) is 4.98 Å². The van der Waals surface area contributed by atoms with Crippen LogP contribution in [0.3, 0.4) is 0 Å². The first-order valence-electron chi connectivity index (χ1n) is 5.65. The summed E-state index contributed by atoms with van der Waals surface area (Å²) >= 11 is 0. The lowest BCUT2D eigenvalue weighted by Crippen LogP contribution is -2.20. The molecule has 0 amide bonds. The number of hydrogen-bond acceptors (Lipinski definition) is 2. The van der Waals surface area contributed by atoms with Crippen LogP contribution in [-0.4, -0.2) is 20.8 Å². The van der Waals surface area contributed by atoms with Crippen molar-refractivity contribution in [3.63, 3.8) is 0 Å². The van der Waals surface area contributed by atoms with Crippen LogP contribution in [0.4, 0.5) is 0 Å². The fourth-order valence-electron chi connectivity index (χ4n) is 2.03. The van der Waals surface area contributed by atoms with Gasteiger partial charge < -0.3 is 0 Å². The normalized spacial score (nSPS) is 25.2. The van der Waals surface area contributed by atoms with E-state index >= 15 is 0 Å². The molecule has 3 heteroatoms. The van der Waals surface area contributed by atoms with E-state index in [1.807, 2.05) is 0 Å². The molecule has 1 aliphatic heterocycles. The molecule has 0 N–H and O–H groups in total. The molecule has 0 aliphatic carbocycles. The van der Waals surface area contributed by atoms with Crippen LogP contribution in [0.25, 0.3) is 0 Å². The van der Waals surface area contributed by atoms with Crippen molar-refractivity contribution >= 4 is 15.4 Å². The monoisotopic (exact) mass is 237 g/mol. The molecule has 1 atom stereocenters. The second-order valence-electron chi connectivity index (χ2n) is 5.55. The quantitative estimate of drug-likeness (QED) is 0.649. The Bertz CT molecular complexity index is 509. The zero-order chi connectivity index (χ0) is 12.0. The summed E-state index contributed by atoms with van der Waals surface area (Å²) in [4.78, 5) is 5.32. The average Bonchev–Trinajstić information content (AvgIpc) is 2.15. The Morgan fingerprint density at radius 1 is 1.44 bits per heavy atom. The van der Waals surface area contributed by atoms with Gasteiger partial charge in [0.05, 0.1) is 4.90 Å². The summed E-state index contributed by atoms with van der Waals surface area (Å²) < 4.78 is 12.2. The fraction of sp³-hybridized carbons (Fsp3) is 0.538. The molecule has 88 valence electrons. The Morgan fingerprint density at radius 2 is 2.12 bits per heavy atom. The van der Waals surface area contributed by atoms with Crippen LogP contribution >= 0.6 is 0 Å². The first-order chi connectivity index (χ1) is 7.31. The van der Waals surface area contributed by atoms with E-state index in [9.17, 15) is 4.21 Å². The lowest BCUT2D eigenvalue weighted by atomic mass is 9.90. The van der Waals surface area contributed by atoms with Crippen LogP contribution in [0.5, 0.6) is 0 Å². The minimum Gasteiger partial charge on any atom is -0.263 e. The number of fused-ring (bicyclic) bond motifs is 1. The summed E-state index contributed by atoms with van der Waals surface area (Å²) in [5.41, 5.74) is 2.31. The van der Waals surface area contributed by atoms with Gasteiger partial charge in [-0.3, -0.25) is 9.19 Å². The molecule has 0 bridgehead atoms. The maximum Gasteiger partial charge on any atom is 0.0520 e. The average molecular weight is 237 g/mol. The Balaban J connectivity index is 2.57. The van der Waals surface area contributed by atoms with Crippen LogP contribution in [0.15, 0.2) is 17.2 Å². The Kier molecular flexibility index (Phi) is 2.61. The predicted molar refractivity (Wildman–Crippen MR) is 69.7 cm³/mol. The topological polar surface area (TPSA) is 30.0 Å². The molecule has 1 aromatic rings. The van der Waals surface area contributed by atoms with E-state index in [4.69, 9.17) is 0 Å². The second kappa shape index (κ2) is 3.59. The number of aromatic nitrogens is 1. The third kappa shape index (κ3) is 2.01. The molecule has 0 spiro atoms. The summed E-state index contributed by atoms with van der Waals surface area (Å²) in [6.45, 7) is 6.43. The van der Waals surface area contributed by atoms with E-state index in [-0.39, 0.29) is 5.41 Å². The van der Waals surface area contributed by atoms with E-state index in [1.165, 1.54) is 5.56 Å². The Labute approximate surface area is 98.1 Å². The van der Waals surface area contributed by atoms with E-state index in [0.717, 1.165) is 23.4 Å². The Morgan fingerprint density at radius 3 is 2.75 bits per heavy atom. The molecule has 0 fully saturated rings. The molecule has 0 aromatic carbocycles. The minimum absolute atomic E-state index is 0.0501. The van der Waals surface area contributed by atoms with Gasteiger partial charge in [0, 0.05) is 23.1 Å². The molecular formula is C13H19NOS. The minimum atomic E-state index is -2.07. The molecule has 2 rings (SSSR count). The van der Waals surface area contributed by atoms with Gasteiger partial charge in [-0.1, -0.05) is 20.8 Å². The van der Waals surface area contributed by atoms with Crippen molar-refractivity contribution in [3.05, 3.63) is 23.5 Å². The van der Waals surface area contributed by atoms with Crippen LogP contribution in [0, 0.1) is 0 Å². The van der Waals surface area contributed by atoms with Gasteiger partial charge in [0.2, 0.25) is 0 Å². The van der Waals surface area contributed by atoms with Crippen LogP contribution in [-0.2, 0) is 21.4 Å². The third-order valence-electron chi connectivity index (χ3n) is 3.04. The number of nitrogens with zero attached hydrogens (tertiary/aromatic N) is 1. The highest BCUT2D eigenvalue weighted by Gasteiger charge is 2.22. The van der Waals surface area contributed by atoms with Crippen molar-refractivity contribution in [3.8, 4) is 0 Å². The lowest BCUT2D eigenvalue weighted by Gasteiger charge is -2.24. The number of pyridine rings is 1. The van der Waals surface area contributed by atoms with Gasteiger partial charge in [-0.25, -0.2) is 0 Å². The smallest absolute Gasteiger partial charge is 0.0520 e. The molecule has 16 heavy (non-hydrogen) atoms. The van der Waals surface area contributed by atoms with Gasteiger partial charge in [-0.2, -0.15) is 0 Å². The standard InChI is InChI=1S/C13H19NOS/c1-13(2,3)12-8-10-6-5-7-16(4,15)11(10)9-14-12/h8-9H,4-7H2,1-3H3. The van der Waals surface area contributed by atoms with Crippen molar-refractivity contribution in [1.29, 1.82) is 0 Å². The number of rotatable bonds is 0. The maximum atomic E-state index is 12.2. The van der Waals surface area contributed by atoms with Gasteiger partial charge in [0.1, 0.15) is 0 Å². The lowest BCUT2D eigenvalue weighted by molar-refractivity contribution is 0.564. The summed E-state index contributed by atoms with van der Waals surface area (Å²) in [6, 6.07) is 2.11. The fourth-order valence-corrected chi connectivity index (χ4v) is 3.74. The van der Waals surface area contributed by atoms with E-state index in [0.29, 0.717) is 5.75 Å². The molecular weight excluding hydrogens is 218 g/mol. The summed E-state index contributed by atoms with van der Waals surface area (Å²) in [6.07, 6.45) is 3.76. The predicted octanol–water partition coefficient (Wildman–Crippen LogP) is 2.40. The third-order valence-corrected chi connectivity index (χ3v) is 5.16. The van der Waals surface area contributed by atoms with Crippen molar-refractivity contribution in [2.24, 2.45) is 0 Å². The molecule has 1 aromatic heterocycles. The number of hydrogen-bond donors (Lipinski definition) is 0.